The second-order valence-electron chi connectivity index (χ2n) is 6.00. The van der Waals surface area contributed by atoms with Crippen LogP contribution < -0.4 is 0 Å². The third-order valence-corrected chi connectivity index (χ3v) is 3.29. The summed E-state index contributed by atoms with van der Waals surface area (Å²) in [5, 5.41) is 17.8. The van der Waals surface area contributed by atoms with E-state index in [2.05, 4.69) is 21.9 Å². The lowest BCUT2D eigenvalue weighted by Crippen LogP contribution is -2.25. The fourth-order valence-electron chi connectivity index (χ4n) is 2.18. The largest absolute Gasteiger partial charge is 0.373 e. The Morgan fingerprint density at radius 1 is 0.810 bits per heavy atom. The summed E-state index contributed by atoms with van der Waals surface area (Å²) < 4.78 is 6.01. The van der Waals surface area contributed by atoms with Gasteiger partial charge in [0.25, 0.3) is 0 Å². The molecule has 0 aromatic carbocycles. The van der Waals surface area contributed by atoms with E-state index in [0.29, 0.717) is 12.8 Å². The first-order valence-corrected chi connectivity index (χ1v) is 7.68. The molecule has 0 aromatic rings. The lowest BCUT2D eigenvalue weighted by molar-refractivity contribution is -0.0180. The van der Waals surface area contributed by atoms with Crippen LogP contribution in [0.2, 0.25) is 0 Å². The fraction of sp³-hybridized carbons (Fsp3) is 0.875. The second-order valence-corrected chi connectivity index (χ2v) is 6.00. The van der Waals surface area contributed by atoms with E-state index in [1.54, 1.807) is 0 Å². The van der Waals surface area contributed by atoms with Gasteiger partial charge in [0, 0.05) is 0 Å². The van der Waals surface area contributed by atoms with Crippen LogP contribution in [0, 0.1) is 22.7 Å². The van der Waals surface area contributed by atoms with Crippen molar-refractivity contribution >= 4 is 0 Å². The minimum Gasteiger partial charge on any atom is -0.373 e. The van der Waals surface area contributed by atoms with E-state index < -0.39 is 0 Å². The third-order valence-electron chi connectivity index (χ3n) is 3.29. The normalized spacial score (nSPS) is 13.9. The van der Waals surface area contributed by atoms with E-state index >= 15 is 0 Å². The van der Waals surface area contributed by atoms with Crippen molar-refractivity contribution in [3.8, 4) is 12.1 Å². The molecular weight excluding hydrogens is 264 g/mol. The zero-order chi connectivity index (χ0) is 16.1. The van der Waals surface area contributed by atoms with Crippen LogP contribution in [-0.4, -0.2) is 63.3 Å². The highest BCUT2D eigenvalue weighted by Gasteiger charge is 2.16. The molecule has 0 spiro atoms. The molecule has 0 fully saturated rings. The molecular formula is C16H30N4O. The Morgan fingerprint density at radius 3 is 1.48 bits per heavy atom. The van der Waals surface area contributed by atoms with Crippen molar-refractivity contribution in [2.24, 2.45) is 0 Å². The van der Waals surface area contributed by atoms with E-state index in [1.807, 2.05) is 28.2 Å². The van der Waals surface area contributed by atoms with Crippen molar-refractivity contribution in [3.05, 3.63) is 0 Å². The van der Waals surface area contributed by atoms with E-state index in [1.165, 1.54) is 0 Å². The molecule has 5 heteroatoms. The number of nitrogens with zero attached hydrogens (tertiary/aromatic N) is 4. The molecule has 0 saturated carbocycles. The smallest absolute Gasteiger partial charge is 0.0709 e. The van der Waals surface area contributed by atoms with Crippen LogP contribution in [-0.2, 0) is 4.74 Å². The summed E-state index contributed by atoms with van der Waals surface area (Å²) >= 11 is 0. The summed E-state index contributed by atoms with van der Waals surface area (Å²) in [5.74, 6) is 0. The van der Waals surface area contributed by atoms with Gasteiger partial charge in [-0.3, -0.25) is 0 Å². The maximum absolute atomic E-state index is 8.92. The SMILES string of the molecule is CN(C)CCCC(CC#N)OC(CC#N)CCCN(C)C. The van der Waals surface area contributed by atoms with Crippen LogP contribution in [0.25, 0.3) is 0 Å². The Kier molecular flexibility index (Phi) is 11.9. The minimum absolute atomic E-state index is 0.0485. The molecule has 0 rings (SSSR count). The van der Waals surface area contributed by atoms with Gasteiger partial charge >= 0.3 is 0 Å². The van der Waals surface area contributed by atoms with Gasteiger partial charge in [0.1, 0.15) is 0 Å². The maximum atomic E-state index is 8.92. The summed E-state index contributed by atoms with van der Waals surface area (Å²) in [6.07, 6.45) is 4.49. The summed E-state index contributed by atoms with van der Waals surface area (Å²) in [4.78, 5) is 4.26. The molecule has 5 nitrogen and oxygen atoms in total. The highest BCUT2D eigenvalue weighted by Crippen LogP contribution is 2.15. The lowest BCUT2D eigenvalue weighted by atomic mass is 10.1. The van der Waals surface area contributed by atoms with Gasteiger partial charge in [-0.25, -0.2) is 0 Å². The Balaban J connectivity index is 4.24. The molecule has 2 unspecified atom stereocenters. The van der Waals surface area contributed by atoms with Crippen molar-refractivity contribution in [3.63, 3.8) is 0 Å². The topological polar surface area (TPSA) is 63.3 Å². The van der Waals surface area contributed by atoms with Crippen molar-refractivity contribution in [2.75, 3.05) is 41.3 Å². The van der Waals surface area contributed by atoms with Crippen molar-refractivity contribution in [2.45, 2.75) is 50.7 Å². The molecule has 0 aliphatic heterocycles. The Labute approximate surface area is 130 Å². The molecule has 0 aliphatic carbocycles. The quantitative estimate of drug-likeness (QED) is 0.552. The number of rotatable bonds is 12. The second kappa shape index (κ2) is 12.6. The lowest BCUT2D eigenvalue weighted by Gasteiger charge is -2.23. The minimum atomic E-state index is -0.0485. The van der Waals surface area contributed by atoms with Crippen LogP contribution in [0.5, 0.6) is 0 Å². The zero-order valence-electron chi connectivity index (χ0n) is 14.0. The number of nitriles is 2. The summed E-state index contributed by atoms with van der Waals surface area (Å²) in [5.41, 5.74) is 0. The summed E-state index contributed by atoms with van der Waals surface area (Å²) in [6, 6.07) is 4.40. The van der Waals surface area contributed by atoms with Gasteiger partial charge in [-0.05, 0) is 67.0 Å². The van der Waals surface area contributed by atoms with Gasteiger partial charge in [-0.1, -0.05) is 0 Å². The molecule has 120 valence electrons. The van der Waals surface area contributed by atoms with Crippen molar-refractivity contribution < 1.29 is 4.74 Å². The standard InChI is InChI=1S/C16H30N4O/c1-19(2)13-5-7-15(9-11-17)21-16(10-12-18)8-6-14-20(3)4/h15-16H,5-10,13-14H2,1-4H3. The average molecular weight is 294 g/mol. The third kappa shape index (κ3) is 12.3. The van der Waals surface area contributed by atoms with Crippen molar-refractivity contribution in [1.82, 2.24) is 9.80 Å². The first-order valence-electron chi connectivity index (χ1n) is 7.68. The van der Waals surface area contributed by atoms with Crippen LogP contribution in [0.4, 0.5) is 0 Å². The average Bonchev–Trinajstić information content (AvgIpc) is 2.38. The molecule has 0 aliphatic rings. The fourth-order valence-corrected chi connectivity index (χ4v) is 2.18. The van der Waals surface area contributed by atoms with Gasteiger partial charge in [-0.2, -0.15) is 10.5 Å². The van der Waals surface area contributed by atoms with Crippen LogP contribution in [0.15, 0.2) is 0 Å². The van der Waals surface area contributed by atoms with E-state index in [4.69, 9.17) is 15.3 Å². The maximum Gasteiger partial charge on any atom is 0.0709 e. The van der Waals surface area contributed by atoms with Crippen molar-refractivity contribution in [1.29, 1.82) is 10.5 Å². The van der Waals surface area contributed by atoms with E-state index in [0.717, 1.165) is 38.8 Å². The van der Waals surface area contributed by atoms with Crippen LogP contribution in [0.1, 0.15) is 38.5 Å². The monoisotopic (exact) mass is 294 g/mol. The molecule has 0 aromatic heterocycles. The van der Waals surface area contributed by atoms with Gasteiger partial charge in [-0.15, -0.1) is 0 Å². The Hall–Kier alpha value is -1.14. The molecule has 0 bridgehead atoms. The van der Waals surface area contributed by atoms with Gasteiger partial charge in [0.2, 0.25) is 0 Å². The van der Waals surface area contributed by atoms with Crippen LogP contribution >= 0.6 is 0 Å². The predicted molar refractivity (Wildman–Crippen MR) is 84.7 cm³/mol. The van der Waals surface area contributed by atoms with Gasteiger partial charge < -0.3 is 14.5 Å². The molecule has 0 heterocycles. The zero-order valence-corrected chi connectivity index (χ0v) is 14.0. The van der Waals surface area contributed by atoms with Gasteiger partial charge in [0.05, 0.1) is 37.2 Å². The first kappa shape index (κ1) is 19.9. The molecule has 0 amide bonds. The number of ether oxygens (including phenoxy) is 1. The van der Waals surface area contributed by atoms with Gasteiger partial charge in [0.15, 0.2) is 0 Å². The first-order chi connectivity index (χ1) is 9.99. The number of hydrogen-bond acceptors (Lipinski definition) is 5. The highest BCUT2D eigenvalue weighted by atomic mass is 16.5. The highest BCUT2D eigenvalue weighted by molar-refractivity contribution is 4.81. The summed E-state index contributed by atoms with van der Waals surface area (Å²) in [7, 11) is 8.17. The van der Waals surface area contributed by atoms with Crippen LogP contribution in [0.3, 0.4) is 0 Å². The molecule has 2 atom stereocenters. The molecule has 0 saturated heterocycles. The Morgan fingerprint density at radius 2 is 1.19 bits per heavy atom. The number of hydrogen-bond donors (Lipinski definition) is 0. The Bertz CT molecular complexity index is 298. The van der Waals surface area contributed by atoms with E-state index in [9.17, 15) is 0 Å². The van der Waals surface area contributed by atoms with E-state index in [-0.39, 0.29) is 12.2 Å². The summed E-state index contributed by atoms with van der Waals surface area (Å²) in [6.45, 7) is 1.99. The predicted octanol–water partition coefficient (Wildman–Crippen LogP) is 2.25. The molecule has 0 N–H and O–H groups in total. The molecule has 21 heavy (non-hydrogen) atoms. The molecule has 0 radical (unpaired) electrons.